The third-order valence-electron chi connectivity index (χ3n) is 4.45. The molecule has 0 fully saturated rings. The fourth-order valence-electron chi connectivity index (χ4n) is 3.18. The zero-order valence-electron chi connectivity index (χ0n) is 14.9. The van der Waals surface area contributed by atoms with Gasteiger partial charge in [0, 0.05) is 22.9 Å². The number of carbonyl (C=O) groups is 1. The first kappa shape index (κ1) is 18.6. The predicted molar refractivity (Wildman–Crippen MR) is 103 cm³/mol. The van der Waals surface area contributed by atoms with Crippen LogP contribution in [0.1, 0.15) is 30.0 Å². The van der Waals surface area contributed by atoms with Crippen LogP contribution in [0, 0.1) is 0 Å². The van der Waals surface area contributed by atoms with Crippen LogP contribution in [0.3, 0.4) is 0 Å². The van der Waals surface area contributed by atoms with Gasteiger partial charge in [0.15, 0.2) is 11.5 Å². The molecule has 0 bridgehead atoms. The summed E-state index contributed by atoms with van der Waals surface area (Å²) in [7, 11) is 3.22. The molecule has 5 nitrogen and oxygen atoms in total. The van der Waals surface area contributed by atoms with E-state index in [1.54, 1.807) is 14.2 Å². The fraction of sp³-hybridized carbons (Fsp3) is 0.350. The SMILES string of the molecule is COc1cccc(CCC(=O)NC2CCOc3ccc(Br)cc32)c1OC. The van der Waals surface area contributed by atoms with Crippen LogP contribution in [0.15, 0.2) is 40.9 Å². The molecule has 26 heavy (non-hydrogen) atoms. The number of ether oxygens (including phenoxy) is 3. The van der Waals surface area contributed by atoms with E-state index in [2.05, 4.69) is 21.2 Å². The summed E-state index contributed by atoms with van der Waals surface area (Å²) in [6.07, 6.45) is 1.72. The Balaban J connectivity index is 1.65. The van der Waals surface area contributed by atoms with Gasteiger partial charge in [-0.2, -0.15) is 0 Å². The zero-order valence-corrected chi connectivity index (χ0v) is 16.5. The second kappa shape index (κ2) is 8.45. The number of hydrogen-bond acceptors (Lipinski definition) is 4. The van der Waals surface area contributed by atoms with E-state index in [4.69, 9.17) is 14.2 Å². The highest BCUT2D eigenvalue weighted by Gasteiger charge is 2.23. The summed E-state index contributed by atoms with van der Waals surface area (Å²) in [6, 6.07) is 11.5. The molecule has 1 N–H and O–H groups in total. The molecule has 0 saturated carbocycles. The summed E-state index contributed by atoms with van der Waals surface area (Å²) in [5, 5.41) is 3.13. The Labute approximate surface area is 161 Å². The van der Waals surface area contributed by atoms with E-state index in [-0.39, 0.29) is 11.9 Å². The number of rotatable bonds is 6. The highest BCUT2D eigenvalue weighted by Crippen LogP contribution is 2.34. The first-order valence-electron chi connectivity index (χ1n) is 8.54. The third kappa shape index (κ3) is 4.12. The minimum atomic E-state index is -0.0315. The van der Waals surface area contributed by atoms with E-state index >= 15 is 0 Å². The van der Waals surface area contributed by atoms with Gasteiger partial charge < -0.3 is 19.5 Å². The van der Waals surface area contributed by atoms with Gasteiger partial charge in [0.1, 0.15) is 5.75 Å². The van der Waals surface area contributed by atoms with Crippen LogP contribution in [0.2, 0.25) is 0 Å². The van der Waals surface area contributed by atoms with Crippen LogP contribution >= 0.6 is 15.9 Å². The van der Waals surface area contributed by atoms with Gasteiger partial charge in [-0.05, 0) is 36.2 Å². The number of nitrogens with one attached hydrogen (secondary N) is 1. The number of methoxy groups -OCH3 is 2. The molecule has 6 heteroatoms. The standard InChI is InChI=1S/C20H22BrNO4/c1-24-18-5-3-4-13(20(18)25-2)6-9-19(23)22-16-10-11-26-17-8-7-14(21)12-15(16)17/h3-5,7-8,12,16H,6,9-11H2,1-2H3,(H,22,23). The van der Waals surface area contributed by atoms with Crippen molar-refractivity contribution in [3.05, 3.63) is 52.0 Å². The summed E-state index contributed by atoms with van der Waals surface area (Å²) in [5.41, 5.74) is 1.97. The molecule has 138 valence electrons. The maximum Gasteiger partial charge on any atom is 0.220 e. The van der Waals surface area contributed by atoms with Crippen LogP contribution in [0.25, 0.3) is 0 Å². The Morgan fingerprint density at radius 1 is 1.27 bits per heavy atom. The van der Waals surface area contributed by atoms with Crippen molar-refractivity contribution in [1.82, 2.24) is 5.32 Å². The summed E-state index contributed by atoms with van der Waals surface area (Å²) in [6.45, 7) is 0.600. The van der Waals surface area contributed by atoms with Crippen molar-refractivity contribution in [2.45, 2.75) is 25.3 Å². The lowest BCUT2D eigenvalue weighted by atomic mass is 10.00. The van der Waals surface area contributed by atoms with Crippen LogP contribution in [0.5, 0.6) is 17.2 Å². The lowest BCUT2D eigenvalue weighted by Crippen LogP contribution is -2.32. The van der Waals surface area contributed by atoms with Crippen molar-refractivity contribution in [1.29, 1.82) is 0 Å². The van der Waals surface area contributed by atoms with Crippen molar-refractivity contribution < 1.29 is 19.0 Å². The lowest BCUT2D eigenvalue weighted by Gasteiger charge is -2.27. The minimum absolute atomic E-state index is 0.00713. The lowest BCUT2D eigenvalue weighted by molar-refractivity contribution is -0.122. The third-order valence-corrected chi connectivity index (χ3v) is 4.95. The average Bonchev–Trinajstić information content (AvgIpc) is 2.66. The Hall–Kier alpha value is -2.21. The van der Waals surface area contributed by atoms with Crippen LogP contribution in [0.4, 0.5) is 0 Å². The number of carbonyl (C=O) groups excluding carboxylic acids is 1. The van der Waals surface area contributed by atoms with E-state index in [1.165, 1.54) is 0 Å². The number of aryl methyl sites for hydroxylation is 1. The van der Waals surface area contributed by atoms with Gasteiger partial charge in [0.2, 0.25) is 5.91 Å². The zero-order chi connectivity index (χ0) is 18.5. The predicted octanol–water partition coefficient (Wildman–Crippen LogP) is 4.04. The van der Waals surface area contributed by atoms with Gasteiger partial charge >= 0.3 is 0 Å². The molecule has 0 radical (unpaired) electrons. The van der Waals surface area contributed by atoms with Gasteiger partial charge in [0.25, 0.3) is 0 Å². The van der Waals surface area contributed by atoms with Crippen molar-refractivity contribution in [3.63, 3.8) is 0 Å². The van der Waals surface area contributed by atoms with Crippen molar-refractivity contribution >= 4 is 21.8 Å². The Kier molecular flexibility index (Phi) is 6.04. The highest BCUT2D eigenvalue weighted by atomic mass is 79.9. The number of para-hydroxylation sites is 1. The maximum absolute atomic E-state index is 12.5. The second-order valence-electron chi connectivity index (χ2n) is 6.09. The van der Waals surface area contributed by atoms with Crippen molar-refractivity contribution in [2.75, 3.05) is 20.8 Å². The Morgan fingerprint density at radius 3 is 2.88 bits per heavy atom. The number of fused-ring (bicyclic) bond motifs is 1. The number of hydrogen-bond donors (Lipinski definition) is 1. The molecule has 3 rings (SSSR count). The molecule has 1 amide bonds. The second-order valence-corrected chi connectivity index (χ2v) is 7.01. The molecule has 2 aromatic rings. The summed E-state index contributed by atoms with van der Waals surface area (Å²) < 4.78 is 17.4. The molecular weight excluding hydrogens is 398 g/mol. The highest BCUT2D eigenvalue weighted by molar-refractivity contribution is 9.10. The normalized spacial score (nSPS) is 15.6. The summed E-state index contributed by atoms with van der Waals surface area (Å²) in [4.78, 5) is 12.5. The number of benzene rings is 2. The van der Waals surface area contributed by atoms with Crippen molar-refractivity contribution in [3.8, 4) is 17.2 Å². The molecule has 0 spiro atoms. The molecule has 1 atom stereocenters. The minimum Gasteiger partial charge on any atom is -0.493 e. The van der Waals surface area contributed by atoms with E-state index in [0.717, 1.165) is 27.8 Å². The van der Waals surface area contributed by atoms with Gasteiger partial charge in [-0.3, -0.25) is 4.79 Å². The van der Waals surface area contributed by atoms with E-state index in [1.807, 2.05) is 36.4 Å². The molecule has 1 aliphatic heterocycles. The number of amides is 1. The molecule has 0 aromatic heterocycles. The maximum atomic E-state index is 12.5. The van der Waals surface area contributed by atoms with Gasteiger partial charge in [0.05, 0.1) is 26.9 Å². The summed E-state index contributed by atoms with van der Waals surface area (Å²) in [5.74, 6) is 2.20. The quantitative estimate of drug-likeness (QED) is 0.767. The largest absolute Gasteiger partial charge is 0.493 e. The molecule has 2 aromatic carbocycles. The summed E-state index contributed by atoms with van der Waals surface area (Å²) >= 11 is 3.48. The van der Waals surface area contributed by atoms with Gasteiger partial charge in [-0.25, -0.2) is 0 Å². The Bertz CT molecular complexity index is 793. The average molecular weight is 420 g/mol. The van der Waals surface area contributed by atoms with E-state index < -0.39 is 0 Å². The number of halogens is 1. The molecule has 1 aliphatic rings. The van der Waals surface area contributed by atoms with Crippen LogP contribution in [-0.2, 0) is 11.2 Å². The van der Waals surface area contributed by atoms with E-state index in [0.29, 0.717) is 30.9 Å². The van der Waals surface area contributed by atoms with Crippen LogP contribution < -0.4 is 19.5 Å². The fourth-order valence-corrected chi connectivity index (χ4v) is 3.56. The smallest absolute Gasteiger partial charge is 0.220 e. The first-order chi connectivity index (χ1) is 12.6. The Morgan fingerprint density at radius 2 is 2.12 bits per heavy atom. The molecular formula is C20H22BrNO4. The first-order valence-corrected chi connectivity index (χ1v) is 9.33. The van der Waals surface area contributed by atoms with E-state index in [9.17, 15) is 4.79 Å². The molecule has 0 saturated heterocycles. The topological polar surface area (TPSA) is 56.8 Å². The molecule has 0 aliphatic carbocycles. The molecule has 1 heterocycles. The van der Waals surface area contributed by atoms with Gasteiger partial charge in [-0.15, -0.1) is 0 Å². The van der Waals surface area contributed by atoms with Crippen molar-refractivity contribution in [2.24, 2.45) is 0 Å². The monoisotopic (exact) mass is 419 g/mol. The van der Waals surface area contributed by atoms with Gasteiger partial charge in [-0.1, -0.05) is 28.1 Å². The molecule has 1 unspecified atom stereocenters. The van der Waals surface area contributed by atoms with Crippen LogP contribution in [-0.4, -0.2) is 26.7 Å².